The summed E-state index contributed by atoms with van der Waals surface area (Å²) in [5, 5.41) is 2.95. The summed E-state index contributed by atoms with van der Waals surface area (Å²) < 4.78 is 27.4. The standard InChI is InChI=1S/C19H31N3O3S/c1-4-21(5-2)15-13-20-19(23)18-8-6-7-14-22(18)26(24,25)17-11-9-16(3)10-12-17/h9-12,18H,4-8,13-15H2,1-3H3,(H,20,23)/p+1/t18-/m0/s1. The van der Waals surface area contributed by atoms with E-state index in [0.717, 1.165) is 38.0 Å². The van der Waals surface area contributed by atoms with Crippen molar-refractivity contribution in [3.05, 3.63) is 29.8 Å². The minimum atomic E-state index is -3.66. The summed E-state index contributed by atoms with van der Waals surface area (Å²) in [6, 6.07) is 6.22. The monoisotopic (exact) mass is 382 g/mol. The van der Waals surface area contributed by atoms with Crippen LogP contribution in [0.1, 0.15) is 38.7 Å². The average molecular weight is 383 g/mol. The average Bonchev–Trinajstić information content (AvgIpc) is 2.65. The summed E-state index contributed by atoms with van der Waals surface area (Å²) in [6.07, 6.45) is 2.24. The summed E-state index contributed by atoms with van der Waals surface area (Å²) >= 11 is 0. The molecule has 0 radical (unpaired) electrons. The molecule has 26 heavy (non-hydrogen) atoms. The van der Waals surface area contributed by atoms with Crippen molar-refractivity contribution in [3.63, 3.8) is 0 Å². The molecule has 1 atom stereocenters. The van der Waals surface area contributed by atoms with Gasteiger partial charge in [0, 0.05) is 6.54 Å². The highest BCUT2D eigenvalue weighted by Gasteiger charge is 2.37. The van der Waals surface area contributed by atoms with Crippen molar-refractivity contribution in [3.8, 4) is 0 Å². The van der Waals surface area contributed by atoms with Gasteiger partial charge in [0.25, 0.3) is 0 Å². The van der Waals surface area contributed by atoms with E-state index in [1.54, 1.807) is 24.3 Å². The number of nitrogens with one attached hydrogen (secondary N) is 2. The van der Waals surface area contributed by atoms with Gasteiger partial charge in [0.1, 0.15) is 6.04 Å². The van der Waals surface area contributed by atoms with E-state index >= 15 is 0 Å². The van der Waals surface area contributed by atoms with Gasteiger partial charge < -0.3 is 10.2 Å². The first-order valence-corrected chi connectivity index (χ1v) is 11.0. The maximum atomic E-state index is 13.0. The molecular weight excluding hydrogens is 350 g/mol. The zero-order valence-electron chi connectivity index (χ0n) is 16.1. The van der Waals surface area contributed by atoms with Crippen molar-refractivity contribution in [2.75, 3.05) is 32.7 Å². The third-order valence-corrected chi connectivity index (χ3v) is 7.08. The smallest absolute Gasteiger partial charge is 0.243 e. The fourth-order valence-corrected chi connectivity index (χ4v) is 5.04. The van der Waals surface area contributed by atoms with E-state index in [1.165, 1.54) is 9.21 Å². The van der Waals surface area contributed by atoms with Gasteiger partial charge in [-0.25, -0.2) is 8.42 Å². The lowest BCUT2D eigenvalue weighted by Gasteiger charge is -2.33. The maximum absolute atomic E-state index is 13.0. The van der Waals surface area contributed by atoms with Crippen LogP contribution in [0.2, 0.25) is 0 Å². The number of nitrogens with zero attached hydrogens (tertiary/aromatic N) is 1. The number of sulfonamides is 1. The van der Waals surface area contributed by atoms with Crippen molar-refractivity contribution in [2.45, 2.75) is 51.0 Å². The number of hydrogen-bond acceptors (Lipinski definition) is 3. The molecular formula is C19H32N3O3S+. The van der Waals surface area contributed by atoms with Crippen LogP contribution in [-0.2, 0) is 14.8 Å². The lowest BCUT2D eigenvalue weighted by molar-refractivity contribution is -0.895. The van der Waals surface area contributed by atoms with Gasteiger partial charge in [-0.05, 0) is 45.7 Å². The maximum Gasteiger partial charge on any atom is 0.243 e. The fourth-order valence-electron chi connectivity index (χ4n) is 3.38. The Balaban J connectivity index is 2.08. The number of quaternary nitrogens is 1. The molecule has 146 valence electrons. The Labute approximate surface area is 157 Å². The van der Waals surface area contributed by atoms with E-state index in [4.69, 9.17) is 0 Å². The molecule has 1 aromatic rings. The van der Waals surface area contributed by atoms with Crippen molar-refractivity contribution >= 4 is 15.9 Å². The molecule has 1 saturated heterocycles. The minimum Gasteiger partial charge on any atom is -0.349 e. The molecule has 1 aliphatic heterocycles. The zero-order chi connectivity index (χ0) is 19.2. The number of aryl methyl sites for hydroxylation is 1. The molecule has 0 saturated carbocycles. The van der Waals surface area contributed by atoms with E-state index in [9.17, 15) is 13.2 Å². The number of benzene rings is 1. The van der Waals surface area contributed by atoms with Gasteiger partial charge in [-0.3, -0.25) is 4.79 Å². The van der Waals surface area contributed by atoms with Crippen LogP contribution in [0.25, 0.3) is 0 Å². The van der Waals surface area contributed by atoms with Crippen molar-refractivity contribution < 1.29 is 18.1 Å². The highest BCUT2D eigenvalue weighted by molar-refractivity contribution is 7.89. The first kappa shape index (κ1) is 20.9. The van der Waals surface area contributed by atoms with Crippen LogP contribution >= 0.6 is 0 Å². The molecule has 2 N–H and O–H groups in total. The zero-order valence-corrected chi connectivity index (χ0v) is 16.9. The van der Waals surface area contributed by atoms with E-state index in [2.05, 4.69) is 19.2 Å². The number of piperidine rings is 1. The van der Waals surface area contributed by atoms with Gasteiger partial charge in [0.05, 0.1) is 31.1 Å². The molecule has 1 aliphatic rings. The Kier molecular flexibility index (Phi) is 7.61. The largest absolute Gasteiger partial charge is 0.349 e. The topological polar surface area (TPSA) is 70.9 Å². The molecule has 6 nitrogen and oxygen atoms in total. The highest BCUT2D eigenvalue weighted by atomic mass is 32.2. The van der Waals surface area contributed by atoms with Crippen LogP contribution in [-0.4, -0.2) is 57.4 Å². The van der Waals surface area contributed by atoms with Crippen LogP contribution < -0.4 is 10.2 Å². The molecule has 1 fully saturated rings. The number of carbonyl (C=O) groups is 1. The van der Waals surface area contributed by atoms with Crippen LogP contribution in [0.4, 0.5) is 0 Å². The first-order chi connectivity index (χ1) is 12.4. The second kappa shape index (κ2) is 9.48. The van der Waals surface area contributed by atoms with Crippen LogP contribution in [0.3, 0.4) is 0 Å². The number of carbonyl (C=O) groups excluding carboxylic acids is 1. The predicted molar refractivity (Wildman–Crippen MR) is 103 cm³/mol. The van der Waals surface area contributed by atoms with Crippen molar-refractivity contribution in [1.82, 2.24) is 9.62 Å². The molecule has 0 aromatic heterocycles. The van der Waals surface area contributed by atoms with Crippen molar-refractivity contribution in [2.24, 2.45) is 0 Å². The van der Waals surface area contributed by atoms with Gasteiger partial charge in [-0.15, -0.1) is 0 Å². The molecule has 1 heterocycles. The number of hydrogen-bond donors (Lipinski definition) is 2. The third-order valence-electron chi connectivity index (χ3n) is 5.16. The van der Waals surface area contributed by atoms with Crippen LogP contribution in [0.5, 0.6) is 0 Å². The van der Waals surface area contributed by atoms with Crippen molar-refractivity contribution in [1.29, 1.82) is 0 Å². The Morgan fingerprint density at radius 2 is 1.85 bits per heavy atom. The molecule has 2 rings (SSSR count). The lowest BCUT2D eigenvalue weighted by Crippen LogP contribution is -3.12. The normalized spacial score (nSPS) is 18.8. The third kappa shape index (κ3) is 5.05. The Bertz CT molecular complexity index is 684. The summed E-state index contributed by atoms with van der Waals surface area (Å²) in [5.41, 5.74) is 1.01. The Hall–Kier alpha value is -1.44. The van der Waals surface area contributed by atoms with Gasteiger partial charge in [-0.1, -0.05) is 24.1 Å². The highest BCUT2D eigenvalue weighted by Crippen LogP contribution is 2.25. The van der Waals surface area contributed by atoms with Gasteiger partial charge in [-0.2, -0.15) is 4.31 Å². The number of rotatable bonds is 8. The lowest BCUT2D eigenvalue weighted by atomic mass is 10.0. The summed E-state index contributed by atoms with van der Waals surface area (Å²) in [4.78, 5) is 14.3. The van der Waals surface area contributed by atoms with E-state index < -0.39 is 16.1 Å². The van der Waals surface area contributed by atoms with Gasteiger partial charge >= 0.3 is 0 Å². The Morgan fingerprint density at radius 1 is 1.19 bits per heavy atom. The summed E-state index contributed by atoms with van der Waals surface area (Å²) in [6.45, 7) is 10.0. The van der Waals surface area contributed by atoms with E-state index in [1.807, 2.05) is 6.92 Å². The summed E-state index contributed by atoms with van der Waals surface area (Å²) in [5.74, 6) is -0.174. The number of likely N-dealkylation sites (N-methyl/N-ethyl adjacent to an activating group) is 1. The summed E-state index contributed by atoms with van der Waals surface area (Å²) in [7, 11) is -3.66. The predicted octanol–water partition coefficient (Wildman–Crippen LogP) is 0.579. The molecule has 0 spiro atoms. The molecule has 0 aliphatic carbocycles. The van der Waals surface area contributed by atoms with Crippen LogP contribution in [0.15, 0.2) is 29.2 Å². The molecule has 0 unspecified atom stereocenters. The second-order valence-electron chi connectivity index (χ2n) is 6.94. The molecule has 0 bridgehead atoms. The van der Waals surface area contributed by atoms with E-state index in [0.29, 0.717) is 19.5 Å². The van der Waals surface area contributed by atoms with Gasteiger partial charge in [0.2, 0.25) is 15.9 Å². The molecule has 1 amide bonds. The van der Waals surface area contributed by atoms with Gasteiger partial charge in [0.15, 0.2) is 0 Å². The quantitative estimate of drug-likeness (QED) is 0.691. The second-order valence-corrected chi connectivity index (χ2v) is 8.83. The SMILES string of the molecule is CC[NH+](CC)CCNC(=O)[C@@H]1CCCCN1S(=O)(=O)c1ccc(C)cc1. The minimum absolute atomic E-state index is 0.174. The number of amides is 1. The first-order valence-electron chi connectivity index (χ1n) is 9.60. The fraction of sp³-hybridized carbons (Fsp3) is 0.632. The van der Waals surface area contributed by atoms with Crippen LogP contribution in [0, 0.1) is 6.92 Å². The van der Waals surface area contributed by atoms with E-state index in [-0.39, 0.29) is 10.8 Å². The Morgan fingerprint density at radius 3 is 2.46 bits per heavy atom. The molecule has 1 aromatic carbocycles. The molecule has 7 heteroatoms.